The van der Waals surface area contributed by atoms with E-state index in [0.29, 0.717) is 22.9 Å². The Bertz CT molecular complexity index is 616. The molecule has 20 heavy (non-hydrogen) atoms. The predicted octanol–water partition coefficient (Wildman–Crippen LogP) is 3.05. The van der Waals surface area contributed by atoms with Gasteiger partial charge in [-0.2, -0.15) is 0 Å². The molecule has 1 N–H and O–H groups in total. The summed E-state index contributed by atoms with van der Waals surface area (Å²) >= 11 is 6.11. The monoisotopic (exact) mass is 289 g/mol. The largest absolute Gasteiger partial charge is 0.372 e. The minimum Gasteiger partial charge on any atom is -0.372 e. The lowest BCUT2D eigenvalue weighted by atomic mass is 10.2. The lowest BCUT2D eigenvalue weighted by molar-refractivity contribution is 0.0786. The first-order valence-corrected chi connectivity index (χ1v) is 6.63. The van der Waals surface area contributed by atoms with Crippen LogP contribution in [0.15, 0.2) is 42.6 Å². The van der Waals surface area contributed by atoms with E-state index in [1.54, 1.807) is 37.3 Å². The maximum absolute atomic E-state index is 12.4. The molecule has 0 radical (unpaired) electrons. The van der Waals surface area contributed by atoms with Gasteiger partial charge in [0.25, 0.3) is 5.91 Å². The molecule has 0 unspecified atom stereocenters. The molecule has 0 bridgehead atoms. The Morgan fingerprint density at radius 3 is 2.75 bits per heavy atom. The zero-order chi connectivity index (χ0) is 14.5. The highest BCUT2D eigenvalue weighted by Gasteiger charge is 2.16. The first-order chi connectivity index (χ1) is 9.63. The summed E-state index contributed by atoms with van der Waals surface area (Å²) in [5.41, 5.74) is 1.46. The van der Waals surface area contributed by atoms with Gasteiger partial charge in [0.2, 0.25) is 0 Å². The second-order valence-electron chi connectivity index (χ2n) is 4.40. The van der Waals surface area contributed by atoms with Crippen LogP contribution in [-0.4, -0.2) is 29.9 Å². The summed E-state index contributed by atoms with van der Waals surface area (Å²) in [6.07, 6.45) is 1.65. The molecular formula is C15H16ClN3O. The third-order valence-electron chi connectivity index (χ3n) is 2.99. The molecule has 2 rings (SSSR count). The van der Waals surface area contributed by atoms with Gasteiger partial charge < -0.3 is 10.2 Å². The standard InChI is InChI=1S/C15H16ClN3O/c1-17-14-12(7-5-9-18-14)15(20)19(2)10-11-6-3-4-8-13(11)16/h3-9H,10H2,1-2H3,(H,17,18). The molecule has 4 nitrogen and oxygen atoms in total. The Labute approximate surface area is 123 Å². The number of carbonyl (C=O) groups is 1. The number of carbonyl (C=O) groups excluding carboxylic acids is 1. The minimum atomic E-state index is -0.0950. The topological polar surface area (TPSA) is 45.2 Å². The first-order valence-electron chi connectivity index (χ1n) is 6.25. The molecule has 0 saturated carbocycles. The van der Waals surface area contributed by atoms with Gasteiger partial charge >= 0.3 is 0 Å². The fourth-order valence-corrected chi connectivity index (χ4v) is 2.13. The van der Waals surface area contributed by atoms with E-state index < -0.39 is 0 Å². The van der Waals surface area contributed by atoms with Gasteiger partial charge in [-0.25, -0.2) is 4.98 Å². The van der Waals surface area contributed by atoms with Gasteiger partial charge in [0.05, 0.1) is 5.56 Å². The lowest BCUT2D eigenvalue weighted by Gasteiger charge is -2.19. The van der Waals surface area contributed by atoms with Crippen LogP contribution in [0.5, 0.6) is 0 Å². The van der Waals surface area contributed by atoms with Crippen molar-refractivity contribution in [3.8, 4) is 0 Å². The number of rotatable bonds is 4. The van der Waals surface area contributed by atoms with Crippen molar-refractivity contribution in [2.75, 3.05) is 19.4 Å². The Hall–Kier alpha value is -2.07. The van der Waals surface area contributed by atoms with Gasteiger partial charge in [-0.3, -0.25) is 4.79 Å². The molecular weight excluding hydrogens is 274 g/mol. The van der Waals surface area contributed by atoms with Crippen molar-refractivity contribution in [2.45, 2.75) is 6.54 Å². The van der Waals surface area contributed by atoms with Gasteiger partial charge in [-0.05, 0) is 23.8 Å². The summed E-state index contributed by atoms with van der Waals surface area (Å²) in [5.74, 6) is 0.478. The van der Waals surface area contributed by atoms with E-state index in [1.165, 1.54) is 0 Å². The maximum atomic E-state index is 12.4. The van der Waals surface area contributed by atoms with Crippen LogP contribution in [0.25, 0.3) is 0 Å². The Morgan fingerprint density at radius 2 is 2.05 bits per heavy atom. The second-order valence-corrected chi connectivity index (χ2v) is 4.81. The number of benzene rings is 1. The van der Waals surface area contributed by atoms with E-state index >= 15 is 0 Å². The predicted molar refractivity (Wildman–Crippen MR) is 81.0 cm³/mol. The summed E-state index contributed by atoms with van der Waals surface area (Å²) < 4.78 is 0. The van der Waals surface area contributed by atoms with Crippen molar-refractivity contribution >= 4 is 23.3 Å². The molecule has 1 aromatic heterocycles. The van der Waals surface area contributed by atoms with E-state index in [-0.39, 0.29) is 5.91 Å². The first kappa shape index (κ1) is 14.3. The number of halogens is 1. The van der Waals surface area contributed by atoms with Crippen LogP contribution in [-0.2, 0) is 6.54 Å². The highest BCUT2D eigenvalue weighted by molar-refractivity contribution is 6.31. The number of pyridine rings is 1. The molecule has 0 fully saturated rings. The number of hydrogen-bond donors (Lipinski definition) is 1. The molecule has 0 aliphatic heterocycles. The number of nitrogens with zero attached hydrogens (tertiary/aromatic N) is 2. The fourth-order valence-electron chi connectivity index (χ4n) is 1.94. The zero-order valence-electron chi connectivity index (χ0n) is 11.4. The third-order valence-corrected chi connectivity index (χ3v) is 3.36. The Kier molecular flexibility index (Phi) is 4.58. The van der Waals surface area contributed by atoms with Crippen LogP contribution in [0.2, 0.25) is 5.02 Å². The smallest absolute Gasteiger partial charge is 0.257 e. The molecule has 104 valence electrons. The van der Waals surface area contributed by atoms with Gasteiger partial charge in [0.1, 0.15) is 5.82 Å². The summed E-state index contributed by atoms with van der Waals surface area (Å²) in [6, 6.07) is 11.0. The zero-order valence-corrected chi connectivity index (χ0v) is 12.2. The molecule has 1 aromatic carbocycles. The van der Waals surface area contributed by atoms with E-state index in [1.807, 2.05) is 24.3 Å². The van der Waals surface area contributed by atoms with E-state index in [0.717, 1.165) is 5.56 Å². The maximum Gasteiger partial charge on any atom is 0.257 e. The molecule has 5 heteroatoms. The van der Waals surface area contributed by atoms with Crippen LogP contribution in [0.1, 0.15) is 15.9 Å². The molecule has 0 aliphatic carbocycles. The Morgan fingerprint density at radius 1 is 1.30 bits per heavy atom. The third kappa shape index (κ3) is 3.08. The van der Waals surface area contributed by atoms with E-state index in [2.05, 4.69) is 10.3 Å². The van der Waals surface area contributed by atoms with Crippen molar-refractivity contribution in [1.29, 1.82) is 0 Å². The van der Waals surface area contributed by atoms with Gasteiger partial charge in [0, 0.05) is 31.9 Å². The van der Waals surface area contributed by atoms with Crippen molar-refractivity contribution in [3.05, 3.63) is 58.7 Å². The van der Waals surface area contributed by atoms with Crippen molar-refractivity contribution in [2.24, 2.45) is 0 Å². The number of nitrogens with one attached hydrogen (secondary N) is 1. The van der Waals surface area contributed by atoms with E-state index in [4.69, 9.17) is 11.6 Å². The van der Waals surface area contributed by atoms with E-state index in [9.17, 15) is 4.79 Å². The normalized spacial score (nSPS) is 10.2. The Balaban J connectivity index is 2.19. The summed E-state index contributed by atoms with van der Waals surface area (Å²) in [7, 11) is 3.49. The van der Waals surface area contributed by atoms with Gasteiger partial charge in [0.15, 0.2) is 0 Å². The van der Waals surface area contributed by atoms with Crippen molar-refractivity contribution in [1.82, 2.24) is 9.88 Å². The number of anilines is 1. The molecule has 0 aliphatic rings. The molecule has 0 saturated heterocycles. The van der Waals surface area contributed by atoms with Gasteiger partial charge in [-0.1, -0.05) is 29.8 Å². The fraction of sp³-hybridized carbons (Fsp3) is 0.200. The highest BCUT2D eigenvalue weighted by atomic mass is 35.5. The summed E-state index contributed by atoms with van der Waals surface area (Å²) in [5, 5.41) is 3.58. The highest BCUT2D eigenvalue weighted by Crippen LogP contribution is 2.19. The molecule has 0 spiro atoms. The van der Waals surface area contributed by atoms with Crippen LogP contribution in [0.3, 0.4) is 0 Å². The molecule has 1 amide bonds. The van der Waals surface area contributed by atoms with Crippen LogP contribution in [0, 0.1) is 0 Å². The van der Waals surface area contributed by atoms with Crippen LogP contribution >= 0.6 is 11.6 Å². The van der Waals surface area contributed by atoms with Crippen LogP contribution < -0.4 is 5.32 Å². The van der Waals surface area contributed by atoms with Crippen molar-refractivity contribution in [3.63, 3.8) is 0 Å². The number of amides is 1. The average molecular weight is 290 g/mol. The summed E-state index contributed by atoms with van der Waals surface area (Å²) in [6.45, 7) is 0.455. The van der Waals surface area contributed by atoms with Crippen LogP contribution in [0.4, 0.5) is 5.82 Å². The SMILES string of the molecule is CNc1ncccc1C(=O)N(C)Cc1ccccc1Cl. The lowest BCUT2D eigenvalue weighted by Crippen LogP contribution is -2.27. The van der Waals surface area contributed by atoms with Crippen molar-refractivity contribution < 1.29 is 4.79 Å². The minimum absolute atomic E-state index is 0.0950. The summed E-state index contributed by atoms with van der Waals surface area (Å²) in [4.78, 5) is 18.2. The van der Waals surface area contributed by atoms with Gasteiger partial charge in [-0.15, -0.1) is 0 Å². The number of aromatic nitrogens is 1. The second kappa shape index (κ2) is 6.39. The molecule has 0 atom stereocenters. The molecule has 2 aromatic rings. The quantitative estimate of drug-likeness (QED) is 0.941. The number of hydrogen-bond acceptors (Lipinski definition) is 3. The average Bonchev–Trinajstić information content (AvgIpc) is 2.48. The molecule has 1 heterocycles.